The van der Waals surface area contributed by atoms with Crippen LogP contribution in [0.15, 0.2) is 0 Å². The molecule has 1 aromatic rings. The van der Waals surface area contributed by atoms with Gasteiger partial charge in [0.2, 0.25) is 5.91 Å². The molecule has 0 radical (unpaired) electrons. The SMILES string of the molecule is CC(=O)Nc1sc(C)c(C)c1C(=O)N(C)CCC(=O)O. The summed E-state index contributed by atoms with van der Waals surface area (Å²) in [6.07, 6.45) is -0.111. The molecule has 7 heteroatoms. The maximum Gasteiger partial charge on any atom is 0.305 e. The Labute approximate surface area is 121 Å². The lowest BCUT2D eigenvalue weighted by Gasteiger charge is -2.17. The summed E-state index contributed by atoms with van der Waals surface area (Å²) >= 11 is 1.34. The highest BCUT2D eigenvalue weighted by Gasteiger charge is 2.23. The van der Waals surface area contributed by atoms with E-state index in [4.69, 9.17) is 5.11 Å². The van der Waals surface area contributed by atoms with E-state index in [0.29, 0.717) is 10.6 Å². The van der Waals surface area contributed by atoms with Gasteiger partial charge in [-0.15, -0.1) is 11.3 Å². The minimum atomic E-state index is -0.954. The Hall–Kier alpha value is -1.89. The molecular formula is C13H18N2O4S. The van der Waals surface area contributed by atoms with E-state index >= 15 is 0 Å². The molecule has 0 aromatic carbocycles. The number of rotatable bonds is 5. The van der Waals surface area contributed by atoms with Gasteiger partial charge in [0.05, 0.1) is 12.0 Å². The third-order valence-electron chi connectivity index (χ3n) is 2.90. The summed E-state index contributed by atoms with van der Waals surface area (Å²) < 4.78 is 0. The van der Waals surface area contributed by atoms with Gasteiger partial charge in [0, 0.05) is 25.4 Å². The maximum atomic E-state index is 12.4. The van der Waals surface area contributed by atoms with Gasteiger partial charge in [-0.2, -0.15) is 0 Å². The number of thiophene rings is 1. The van der Waals surface area contributed by atoms with Crippen LogP contribution >= 0.6 is 11.3 Å². The first kappa shape index (κ1) is 16.2. The van der Waals surface area contributed by atoms with Gasteiger partial charge >= 0.3 is 5.97 Å². The van der Waals surface area contributed by atoms with E-state index in [-0.39, 0.29) is 24.8 Å². The first-order valence-corrected chi connectivity index (χ1v) is 6.90. The third-order valence-corrected chi connectivity index (χ3v) is 4.02. The van der Waals surface area contributed by atoms with E-state index in [9.17, 15) is 14.4 Å². The number of hydrogen-bond acceptors (Lipinski definition) is 4. The zero-order valence-electron chi connectivity index (χ0n) is 11.9. The molecule has 0 saturated carbocycles. The van der Waals surface area contributed by atoms with Crippen molar-refractivity contribution in [3.8, 4) is 0 Å². The Morgan fingerprint density at radius 2 is 1.90 bits per heavy atom. The number of carbonyl (C=O) groups is 3. The van der Waals surface area contributed by atoms with Crippen LogP contribution in [0, 0.1) is 13.8 Å². The smallest absolute Gasteiger partial charge is 0.305 e. The number of aryl methyl sites for hydroxylation is 1. The summed E-state index contributed by atoms with van der Waals surface area (Å²) in [5.74, 6) is -1.48. The number of amides is 2. The van der Waals surface area contributed by atoms with Crippen LogP contribution in [0.1, 0.15) is 34.1 Å². The van der Waals surface area contributed by atoms with E-state index in [1.807, 2.05) is 13.8 Å². The largest absolute Gasteiger partial charge is 0.481 e. The summed E-state index contributed by atoms with van der Waals surface area (Å²) in [4.78, 5) is 36.4. The minimum absolute atomic E-state index is 0.111. The fourth-order valence-electron chi connectivity index (χ4n) is 1.69. The number of carbonyl (C=O) groups excluding carboxylic acids is 2. The zero-order chi connectivity index (χ0) is 15.4. The summed E-state index contributed by atoms with van der Waals surface area (Å²) in [5.41, 5.74) is 1.25. The van der Waals surface area contributed by atoms with Crippen LogP contribution in [-0.4, -0.2) is 41.4 Å². The zero-order valence-corrected chi connectivity index (χ0v) is 12.8. The molecule has 1 aromatic heterocycles. The molecule has 0 unspecified atom stereocenters. The lowest BCUT2D eigenvalue weighted by Crippen LogP contribution is -2.30. The van der Waals surface area contributed by atoms with Crippen LogP contribution in [0.25, 0.3) is 0 Å². The van der Waals surface area contributed by atoms with Gasteiger partial charge in [-0.05, 0) is 19.4 Å². The van der Waals surface area contributed by atoms with E-state index in [0.717, 1.165) is 10.4 Å². The molecular weight excluding hydrogens is 280 g/mol. The van der Waals surface area contributed by atoms with Crippen LogP contribution in [0.5, 0.6) is 0 Å². The van der Waals surface area contributed by atoms with Crippen molar-refractivity contribution < 1.29 is 19.5 Å². The van der Waals surface area contributed by atoms with E-state index in [2.05, 4.69) is 5.32 Å². The Morgan fingerprint density at radius 3 is 2.40 bits per heavy atom. The van der Waals surface area contributed by atoms with Crippen molar-refractivity contribution in [2.75, 3.05) is 18.9 Å². The topological polar surface area (TPSA) is 86.7 Å². The minimum Gasteiger partial charge on any atom is -0.481 e. The average molecular weight is 298 g/mol. The fourth-order valence-corrected chi connectivity index (χ4v) is 2.79. The van der Waals surface area contributed by atoms with Crippen molar-refractivity contribution in [1.29, 1.82) is 0 Å². The van der Waals surface area contributed by atoms with Crippen LogP contribution in [0.2, 0.25) is 0 Å². The van der Waals surface area contributed by atoms with Gasteiger partial charge in [0.15, 0.2) is 0 Å². The predicted molar refractivity (Wildman–Crippen MR) is 77.3 cm³/mol. The van der Waals surface area contributed by atoms with E-state index < -0.39 is 5.97 Å². The number of nitrogens with one attached hydrogen (secondary N) is 1. The van der Waals surface area contributed by atoms with Crippen LogP contribution in [0.4, 0.5) is 5.00 Å². The number of hydrogen-bond donors (Lipinski definition) is 2. The second kappa shape index (κ2) is 6.51. The number of carboxylic acids is 1. The van der Waals surface area contributed by atoms with Gasteiger partial charge in [-0.1, -0.05) is 0 Å². The van der Waals surface area contributed by atoms with Gasteiger partial charge in [-0.25, -0.2) is 0 Å². The van der Waals surface area contributed by atoms with Crippen LogP contribution in [0.3, 0.4) is 0 Å². The molecule has 0 aliphatic heterocycles. The molecule has 20 heavy (non-hydrogen) atoms. The fraction of sp³-hybridized carbons (Fsp3) is 0.462. The predicted octanol–water partition coefficient (Wildman–Crippen LogP) is 1.87. The Balaban J connectivity index is 3.01. The Bertz CT molecular complexity index is 551. The highest BCUT2D eigenvalue weighted by Crippen LogP contribution is 2.33. The van der Waals surface area contributed by atoms with Gasteiger partial charge in [0.25, 0.3) is 5.91 Å². The second-order valence-corrected chi connectivity index (χ2v) is 5.76. The molecule has 110 valence electrons. The number of nitrogens with zero attached hydrogens (tertiary/aromatic N) is 1. The molecule has 2 amide bonds. The van der Waals surface area contributed by atoms with Crippen LogP contribution in [-0.2, 0) is 9.59 Å². The molecule has 0 bridgehead atoms. The Morgan fingerprint density at radius 1 is 1.30 bits per heavy atom. The van der Waals surface area contributed by atoms with Gasteiger partial charge in [0.1, 0.15) is 5.00 Å². The summed E-state index contributed by atoms with van der Waals surface area (Å²) in [6.45, 7) is 5.20. The lowest BCUT2D eigenvalue weighted by molar-refractivity contribution is -0.137. The summed E-state index contributed by atoms with van der Waals surface area (Å²) in [7, 11) is 1.55. The monoisotopic (exact) mass is 298 g/mol. The standard InChI is InChI=1S/C13H18N2O4S/c1-7-8(2)20-12(14-9(3)16)11(7)13(19)15(4)6-5-10(17)18/h5-6H2,1-4H3,(H,14,16)(H,17,18). The Kier molecular flexibility index (Phi) is 5.26. The number of carboxylic acid groups (broad SMARTS) is 1. The number of anilines is 1. The van der Waals surface area contributed by atoms with E-state index in [1.54, 1.807) is 7.05 Å². The molecule has 0 aliphatic rings. The molecule has 0 spiro atoms. The van der Waals surface area contributed by atoms with Crippen molar-refractivity contribution in [2.45, 2.75) is 27.2 Å². The third kappa shape index (κ3) is 3.80. The molecule has 1 heterocycles. The van der Waals surface area contributed by atoms with Crippen molar-refractivity contribution in [1.82, 2.24) is 4.90 Å². The van der Waals surface area contributed by atoms with Crippen molar-refractivity contribution in [3.63, 3.8) is 0 Å². The van der Waals surface area contributed by atoms with Crippen LogP contribution < -0.4 is 5.32 Å². The van der Waals surface area contributed by atoms with Crippen molar-refractivity contribution >= 4 is 34.1 Å². The highest BCUT2D eigenvalue weighted by atomic mass is 32.1. The molecule has 0 saturated heterocycles. The average Bonchev–Trinajstić information content (AvgIpc) is 2.60. The van der Waals surface area contributed by atoms with Crippen molar-refractivity contribution in [3.05, 3.63) is 16.0 Å². The maximum absolute atomic E-state index is 12.4. The molecule has 2 N–H and O–H groups in total. The molecule has 1 rings (SSSR count). The summed E-state index contributed by atoms with van der Waals surface area (Å²) in [5, 5.41) is 11.8. The number of aliphatic carboxylic acids is 1. The first-order valence-electron chi connectivity index (χ1n) is 6.08. The summed E-state index contributed by atoms with van der Waals surface area (Å²) in [6, 6.07) is 0. The molecule has 0 fully saturated rings. The molecule has 6 nitrogen and oxygen atoms in total. The van der Waals surface area contributed by atoms with E-state index in [1.165, 1.54) is 23.2 Å². The molecule has 0 aliphatic carbocycles. The van der Waals surface area contributed by atoms with Gasteiger partial charge in [-0.3, -0.25) is 14.4 Å². The normalized spacial score (nSPS) is 10.2. The van der Waals surface area contributed by atoms with Crippen molar-refractivity contribution in [2.24, 2.45) is 0 Å². The lowest BCUT2D eigenvalue weighted by atomic mass is 10.1. The first-order chi connectivity index (χ1) is 9.23. The van der Waals surface area contributed by atoms with Gasteiger partial charge < -0.3 is 15.3 Å². The molecule has 0 atom stereocenters. The highest BCUT2D eigenvalue weighted by molar-refractivity contribution is 7.16. The second-order valence-electron chi connectivity index (χ2n) is 4.54. The quantitative estimate of drug-likeness (QED) is 0.868.